The highest BCUT2D eigenvalue weighted by molar-refractivity contribution is 5.93. The van der Waals surface area contributed by atoms with Crippen molar-refractivity contribution < 1.29 is 23.9 Å². The zero-order chi connectivity index (χ0) is 13.9. The highest BCUT2D eigenvalue weighted by Crippen LogP contribution is 2.20. The third kappa shape index (κ3) is 3.72. The van der Waals surface area contributed by atoms with Crippen LogP contribution < -0.4 is 0 Å². The highest BCUT2D eigenvalue weighted by Gasteiger charge is 2.39. The van der Waals surface area contributed by atoms with Crippen molar-refractivity contribution in [3.8, 4) is 0 Å². The van der Waals surface area contributed by atoms with Crippen LogP contribution in [0, 0.1) is 0 Å². The lowest BCUT2D eigenvalue weighted by molar-refractivity contribution is -0.143. The molecule has 1 rings (SSSR count). The van der Waals surface area contributed by atoms with Crippen molar-refractivity contribution in [1.82, 2.24) is 4.90 Å². The molecule has 1 aliphatic heterocycles. The Morgan fingerprint density at radius 2 is 2.00 bits per heavy atom. The number of rotatable bonds is 2. The molecule has 6 nitrogen and oxygen atoms in total. The third-order valence-corrected chi connectivity index (χ3v) is 2.56. The summed E-state index contributed by atoms with van der Waals surface area (Å²) in [5.74, 6) is -0.643. The molecule has 6 heteroatoms. The van der Waals surface area contributed by atoms with Crippen LogP contribution >= 0.6 is 0 Å². The fraction of sp³-hybridized carbons (Fsp3) is 0.750. The van der Waals surface area contributed by atoms with E-state index < -0.39 is 23.7 Å². The van der Waals surface area contributed by atoms with E-state index in [1.54, 1.807) is 20.8 Å². The Bertz CT molecular complexity index is 358. The summed E-state index contributed by atoms with van der Waals surface area (Å²) in [4.78, 5) is 36.0. The largest absolute Gasteiger partial charge is 0.469 e. The van der Waals surface area contributed by atoms with Crippen LogP contribution in [0.25, 0.3) is 0 Å². The van der Waals surface area contributed by atoms with Gasteiger partial charge in [0.15, 0.2) is 5.78 Å². The van der Waals surface area contributed by atoms with Crippen LogP contribution in [0.3, 0.4) is 0 Å². The van der Waals surface area contributed by atoms with Crippen molar-refractivity contribution in [3.05, 3.63) is 0 Å². The standard InChI is InChI=1S/C12H19NO5/c1-12(2,3)18-11(16)13-6-5-9(14)8(13)7-10(15)17-4/h8H,5-7H2,1-4H3. The van der Waals surface area contributed by atoms with Gasteiger partial charge in [-0.1, -0.05) is 0 Å². The fourth-order valence-corrected chi connectivity index (χ4v) is 1.73. The van der Waals surface area contributed by atoms with Gasteiger partial charge in [-0.2, -0.15) is 0 Å². The lowest BCUT2D eigenvalue weighted by Gasteiger charge is -2.27. The van der Waals surface area contributed by atoms with Crippen LogP contribution in [0.2, 0.25) is 0 Å². The second-order valence-electron chi connectivity index (χ2n) is 5.19. The van der Waals surface area contributed by atoms with Crippen LogP contribution in [-0.4, -0.2) is 48.0 Å². The molecule has 1 aliphatic rings. The second-order valence-corrected chi connectivity index (χ2v) is 5.19. The van der Waals surface area contributed by atoms with Crippen molar-refractivity contribution >= 4 is 17.8 Å². The Balaban J connectivity index is 2.71. The van der Waals surface area contributed by atoms with Gasteiger partial charge < -0.3 is 9.47 Å². The maximum absolute atomic E-state index is 11.9. The molecule has 0 aromatic carbocycles. The lowest BCUT2D eigenvalue weighted by Crippen LogP contribution is -2.42. The molecule has 102 valence electrons. The smallest absolute Gasteiger partial charge is 0.410 e. The van der Waals surface area contributed by atoms with E-state index in [1.807, 2.05) is 0 Å². The highest BCUT2D eigenvalue weighted by atomic mass is 16.6. The number of ether oxygens (including phenoxy) is 2. The van der Waals surface area contributed by atoms with Crippen molar-refractivity contribution in [2.75, 3.05) is 13.7 Å². The number of likely N-dealkylation sites (tertiary alicyclic amines) is 1. The van der Waals surface area contributed by atoms with Gasteiger partial charge in [-0.3, -0.25) is 14.5 Å². The molecule has 0 aromatic heterocycles. The maximum atomic E-state index is 11.9. The Morgan fingerprint density at radius 1 is 1.39 bits per heavy atom. The van der Waals surface area contributed by atoms with Crippen molar-refractivity contribution in [1.29, 1.82) is 0 Å². The number of ketones is 1. The summed E-state index contributed by atoms with van der Waals surface area (Å²) >= 11 is 0. The molecule has 1 saturated heterocycles. The Kier molecular flexibility index (Phi) is 4.32. The summed E-state index contributed by atoms with van der Waals surface area (Å²) in [6.07, 6.45) is -0.433. The number of methoxy groups -OCH3 is 1. The minimum Gasteiger partial charge on any atom is -0.469 e. The molecule has 0 aromatic rings. The van der Waals surface area contributed by atoms with Gasteiger partial charge in [0.1, 0.15) is 11.6 Å². The third-order valence-electron chi connectivity index (χ3n) is 2.56. The number of amides is 1. The quantitative estimate of drug-likeness (QED) is 0.693. The molecule has 1 amide bonds. The van der Waals surface area contributed by atoms with E-state index in [4.69, 9.17) is 4.74 Å². The molecule has 1 heterocycles. The maximum Gasteiger partial charge on any atom is 0.410 e. The predicted molar refractivity (Wildman–Crippen MR) is 63.0 cm³/mol. The van der Waals surface area contributed by atoms with E-state index in [0.29, 0.717) is 0 Å². The Labute approximate surface area is 106 Å². The van der Waals surface area contributed by atoms with Crippen LogP contribution in [0.5, 0.6) is 0 Å². The molecule has 0 saturated carbocycles. The minimum atomic E-state index is -0.757. The molecule has 0 N–H and O–H groups in total. The first kappa shape index (κ1) is 14.5. The van der Waals surface area contributed by atoms with Gasteiger partial charge in [0, 0.05) is 13.0 Å². The average molecular weight is 257 g/mol. The van der Waals surface area contributed by atoms with Crippen LogP contribution in [0.4, 0.5) is 4.79 Å². The van der Waals surface area contributed by atoms with Crippen molar-refractivity contribution in [2.24, 2.45) is 0 Å². The molecule has 1 atom stereocenters. The second kappa shape index (κ2) is 5.37. The topological polar surface area (TPSA) is 72.9 Å². The van der Waals surface area contributed by atoms with Gasteiger partial charge in [-0.25, -0.2) is 4.79 Å². The van der Waals surface area contributed by atoms with Crippen LogP contribution in [0.15, 0.2) is 0 Å². The summed E-state index contributed by atoms with van der Waals surface area (Å²) in [5.41, 5.74) is -0.626. The zero-order valence-corrected chi connectivity index (χ0v) is 11.2. The molecule has 0 radical (unpaired) electrons. The van der Waals surface area contributed by atoms with Gasteiger partial charge in [-0.15, -0.1) is 0 Å². The zero-order valence-electron chi connectivity index (χ0n) is 11.2. The van der Waals surface area contributed by atoms with Crippen molar-refractivity contribution in [2.45, 2.75) is 45.3 Å². The van der Waals surface area contributed by atoms with Crippen LogP contribution in [0.1, 0.15) is 33.6 Å². The SMILES string of the molecule is COC(=O)CC1C(=O)CCN1C(=O)OC(C)(C)C. The summed E-state index contributed by atoms with van der Waals surface area (Å²) < 4.78 is 9.72. The van der Waals surface area contributed by atoms with Gasteiger partial charge in [0.25, 0.3) is 0 Å². The fourth-order valence-electron chi connectivity index (χ4n) is 1.73. The van der Waals surface area contributed by atoms with Crippen molar-refractivity contribution in [3.63, 3.8) is 0 Å². The molecule has 1 unspecified atom stereocenters. The normalized spacial score (nSPS) is 19.9. The number of hydrogen-bond acceptors (Lipinski definition) is 5. The first-order valence-electron chi connectivity index (χ1n) is 5.84. The monoisotopic (exact) mass is 257 g/mol. The molecule has 18 heavy (non-hydrogen) atoms. The molecule has 1 fully saturated rings. The van der Waals surface area contributed by atoms with Gasteiger partial charge in [0.05, 0.1) is 13.5 Å². The van der Waals surface area contributed by atoms with E-state index >= 15 is 0 Å². The number of esters is 1. The lowest BCUT2D eigenvalue weighted by atomic mass is 10.1. The van der Waals surface area contributed by atoms with Crippen LogP contribution in [-0.2, 0) is 19.1 Å². The summed E-state index contributed by atoms with van der Waals surface area (Å²) in [6.45, 7) is 5.53. The van der Waals surface area contributed by atoms with E-state index in [2.05, 4.69) is 4.74 Å². The summed E-state index contributed by atoms with van der Waals surface area (Å²) in [6, 6.07) is -0.757. The number of nitrogens with zero attached hydrogens (tertiary/aromatic N) is 1. The molecular weight excluding hydrogens is 238 g/mol. The molecule has 0 bridgehead atoms. The van der Waals surface area contributed by atoms with Gasteiger partial charge in [0.2, 0.25) is 0 Å². The Hall–Kier alpha value is -1.59. The van der Waals surface area contributed by atoms with E-state index in [0.717, 1.165) is 0 Å². The molecule has 0 spiro atoms. The number of Topliss-reactive ketones (excluding diaryl/α,β-unsaturated/α-hetero) is 1. The average Bonchev–Trinajstić information content (AvgIpc) is 2.58. The van der Waals surface area contributed by atoms with Gasteiger partial charge >= 0.3 is 12.1 Å². The predicted octanol–water partition coefficient (Wildman–Crippen LogP) is 1.13. The molecule has 0 aliphatic carbocycles. The minimum absolute atomic E-state index is 0.116. The number of carbonyl (C=O) groups excluding carboxylic acids is 3. The number of hydrogen-bond donors (Lipinski definition) is 0. The van der Waals surface area contributed by atoms with Gasteiger partial charge in [-0.05, 0) is 20.8 Å². The first-order chi connectivity index (χ1) is 8.24. The summed E-state index contributed by atoms with van der Waals surface area (Å²) in [5, 5.41) is 0. The Morgan fingerprint density at radius 3 is 2.50 bits per heavy atom. The molecular formula is C12H19NO5. The first-order valence-corrected chi connectivity index (χ1v) is 5.84. The van der Waals surface area contributed by atoms with E-state index in [-0.39, 0.29) is 25.2 Å². The van der Waals surface area contributed by atoms with E-state index in [9.17, 15) is 14.4 Å². The summed E-state index contributed by atoms with van der Waals surface area (Å²) in [7, 11) is 1.25. The number of carbonyl (C=O) groups is 3. The van der Waals surface area contributed by atoms with E-state index in [1.165, 1.54) is 12.0 Å².